The molecule has 0 saturated carbocycles. The van der Waals surface area contributed by atoms with Crippen LogP contribution in [0.25, 0.3) is 10.8 Å². The fourth-order valence-electron chi connectivity index (χ4n) is 3.17. The molecule has 2 aromatic rings. The lowest BCUT2D eigenvalue weighted by molar-refractivity contribution is -0.125. The van der Waals surface area contributed by atoms with Crippen molar-refractivity contribution < 1.29 is 13.2 Å². The summed E-state index contributed by atoms with van der Waals surface area (Å²) in [6, 6.07) is 13.7. The topological polar surface area (TPSA) is 90.3 Å². The van der Waals surface area contributed by atoms with Gasteiger partial charge in [0.05, 0.1) is 11.0 Å². The summed E-state index contributed by atoms with van der Waals surface area (Å²) in [5.74, 6) is -0.432. The minimum atomic E-state index is -3.80. The predicted molar refractivity (Wildman–Crippen MR) is 98.7 cm³/mol. The van der Waals surface area contributed by atoms with Gasteiger partial charge in [0.2, 0.25) is 15.9 Å². The van der Waals surface area contributed by atoms with Crippen LogP contribution in [0.1, 0.15) is 26.7 Å². The molecule has 1 aliphatic rings. The lowest BCUT2D eigenvalue weighted by Crippen LogP contribution is -2.51. The second-order valence-corrected chi connectivity index (χ2v) is 8.90. The summed E-state index contributed by atoms with van der Waals surface area (Å²) >= 11 is 0. The Morgan fingerprint density at radius 1 is 1.23 bits per heavy atom. The Hall–Kier alpha value is -2.43. The number of rotatable bonds is 4. The van der Waals surface area contributed by atoms with Gasteiger partial charge >= 0.3 is 0 Å². The van der Waals surface area contributed by atoms with E-state index >= 15 is 0 Å². The van der Waals surface area contributed by atoms with E-state index < -0.39 is 27.5 Å². The molecule has 1 aliphatic heterocycles. The number of amides is 1. The van der Waals surface area contributed by atoms with Gasteiger partial charge in [-0.15, -0.1) is 0 Å². The van der Waals surface area contributed by atoms with Crippen molar-refractivity contribution in [1.29, 1.82) is 5.26 Å². The van der Waals surface area contributed by atoms with Crippen molar-refractivity contribution in [2.45, 2.75) is 43.2 Å². The van der Waals surface area contributed by atoms with Crippen molar-refractivity contribution in [2.24, 2.45) is 0 Å². The summed E-state index contributed by atoms with van der Waals surface area (Å²) in [7, 11) is -3.80. The van der Waals surface area contributed by atoms with Crippen molar-refractivity contribution in [3.63, 3.8) is 0 Å². The van der Waals surface area contributed by atoms with Crippen LogP contribution >= 0.6 is 0 Å². The number of nitrogens with zero attached hydrogens (tertiary/aromatic N) is 2. The molecule has 1 saturated heterocycles. The molecular weight excluding hydrogens is 350 g/mol. The lowest BCUT2D eigenvalue weighted by Gasteiger charge is -2.26. The largest absolute Gasteiger partial charge is 0.337 e. The van der Waals surface area contributed by atoms with Gasteiger partial charge in [-0.05, 0) is 49.6 Å². The first-order valence-electron chi connectivity index (χ1n) is 8.48. The predicted octanol–water partition coefficient (Wildman–Crippen LogP) is 2.41. The van der Waals surface area contributed by atoms with E-state index in [4.69, 9.17) is 5.26 Å². The zero-order valence-corrected chi connectivity index (χ0v) is 15.6. The Kier molecular flexibility index (Phi) is 4.74. The van der Waals surface area contributed by atoms with Crippen LogP contribution in [0.4, 0.5) is 0 Å². The minimum Gasteiger partial charge on any atom is -0.337 e. The van der Waals surface area contributed by atoms with Crippen LogP contribution in [0, 0.1) is 11.3 Å². The molecule has 1 atom stereocenters. The van der Waals surface area contributed by atoms with Gasteiger partial charge in [-0.3, -0.25) is 4.79 Å². The summed E-state index contributed by atoms with van der Waals surface area (Å²) in [5.41, 5.74) is -1.04. The van der Waals surface area contributed by atoms with Crippen molar-refractivity contribution >= 4 is 26.7 Å². The zero-order chi connectivity index (χ0) is 18.9. The van der Waals surface area contributed by atoms with Crippen LogP contribution in [0.15, 0.2) is 47.4 Å². The maximum absolute atomic E-state index is 13.1. The maximum atomic E-state index is 13.1. The van der Waals surface area contributed by atoms with Gasteiger partial charge in [0.1, 0.15) is 11.6 Å². The van der Waals surface area contributed by atoms with Crippen LogP contribution in [0.3, 0.4) is 0 Å². The van der Waals surface area contributed by atoms with Gasteiger partial charge in [0.15, 0.2) is 0 Å². The summed E-state index contributed by atoms with van der Waals surface area (Å²) in [5, 5.41) is 13.5. The van der Waals surface area contributed by atoms with Crippen LogP contribution in [-0.4, -0.2) is 36.8 Å². The monoisotopic (exact) mass is 371 g/mol. The number of nitriles is 1. The number of carbonyl (C=O) groups is 1. The molecule has 6 nitrogen and oxygen atoms in total. The van der Waals surface area contributed by atoms with Crippen molar-refractivity contribution in [3.05, 3.63) is 42.5 Å². The third kappa shape index (κ3) is 3.43. The Bertz CT molecular complexity index is 993. The molecule has 1 fully saturated rings. The molecule has 1 heterocycles. The Labute approximate surface area is 153 Å². The number of carbonyl (C=O) groups excluding carboxylic acids is 1. The number of sulfonamides is 1. The maximum Gasteiger partial charge on any atom is 0.243 e. The molecule has 1 unspecified atom stereocenters. The van der Waals surface area contributed by atoms with Crippen LogP contribution in [0.5, 0.6) is 0 Å². The molecule has 0 bridgehead atoms. The van der Waals surface area contributed by atoms with Gasteiger partial charge in [0, 0.05) is 6.54 Å². The molecular formula is C19H21N3O3S. The van der Waals surface area contributed by atoms with Crippen LogP contribution < -0.4 is 5.32 Å². The normalized spacial score (nSPS) is 18.6. The molecule has 26 heavy (non-hydrogen) atoms. The number of hydrogen-bond donors (Lipinski definition) is 1. The van der Waals surface area contributed by atoms with Gasteiger partial charge in [-0.25, -0.2) is 8.42 Å². The highest BCUT2D eigenvalue weighted by Gasteiger charge is 2.40. The first-order chi connectivity index (χ1) is 12.2. The van der Waals surface area contributed by atoms with E-state index in [-0.39, 0.29) is 4.90 Å². The average Bonchev–Trinajstić information content (AvgIpc) is 3.12. The fourth-order valence-corrected chi connectivity index (χ4v) is 4.86. The number of nitrogens with one attached hydrogen (secondary N) is 1. The highest BCUT2D eigenvalue weighted by atomic mass is 32.2. The number of hydrogen-bond acceptors (Lipinski definition) is 4. The zero-order valence-electron chi connectivity index (χ0n) is 14.8. The summed E-state index contributed by atoms with van der Waals surface area (Å²) in [6.07, 6.45) is 1.05. The molecule has 0 spiro atoms. The SMILES string of the molecule is CC(C)(C#N)NC(=O)C1CCCN1S(=O)(=O)c1ccc2ccccc2c1. The van der Waals surface area contributed by atoms with Gasteiger partial charge in [-0.2, -0.15) is 9.57 Å². The molecule has 0 radical (unpaired) electrons. The third-order valence-corrected chi connectivity index (χ3v) is 6.45. The van der Waals surface area contributed by atoms with Gasteiger partial charge in [-0.1, -0.05) is 30.3 Å². The molecule has 136 valence electrons. The van der Waals surface area contributed by atoms with E-state index in [1.807, 2.05) is 30.3 Å². The first kappa shape index (κ1) is 18.4. The molecule has 0 aromatic heterocycles. The van der Waals surface area contributed by atoms with E-state index in [2.05, 4.69) is 5.32 Å². The van der Waals surface area contributed by atoms with Crippen molar-refractivity contribution in [3.8, 4) is 6.07 Å². The summed E-state index contributed by atoms with van der Waals surface area (Å²) in [6.45, 7) is 3.46. The molecule has 2 aromatic carbocycles. The molecule has 1 amide bonds. The van der Waals surface area contributed by atoms with Crippen molar-refractivity contribution in [2.75, 3.05) is 6.54 Å². The highest BCUT2D eigenvalue weighted by Crippen LogP contribution is 2.28. The molecule has 7 heteroatoms. The van der Waals surface area contributed by atoms with E-state index in [0.717, 1.165) is 10.8 Å². The summed E-state index contributed by atoms with van der Waals surface area (Å²) in [4.78, 5) is 12.7. The first-order valence-corrected chi connectivity index (χ1v) is 9.92. The standard InChI is InChI=1S/C19H21N3O3S/c1-19(2,13-20)21-18(23)17-8-5-11-22(17)26(24,25)16-10-9-14-6-3-4-7-15(14)12-16/h3-4,6-7,9-10,12,17H,5,8,11H2,1-2H3,(H,21,23). The fraction of sp³-hybridized carbons (Fsp3) is 0.368. The quantitative estimate of drug-likeness (QED) is 0.894. The van der Waals surface area contributed by atoms with E-state index in [1.165, 1.54) is 4.31 Å². The van der Waals surface area contributed by atoms with Gasteiger partial charge in [0.25, 0.3) is 0 Å². The second kappa shape index (κ2) is 6.71. The van der Waals surface area contributed by atoms with E-state index in [1.54, 1.807) is 32.0 Å². The Balaban J connectivity index is 1.92. The van der Waals surface area contributed by atoms with Gasteiger partial charge < -0.3 is 5.32 Å². The molecule has 0 aliphatic carbocycles. The smallest absolute Gasteiger partial charge is 0.243 e. The second-order valence-electron chi connectivity index (χ2n) is 7.01. The van der Waals surface area contributed by atoms with E-state index in [9.17, 15) is 13.2 Å². The van der Waals surface area contributed by atoms with E-state index in [0.29, 0.717) is 19.4 Å². The molecule has 3 rings (SSSR count). The highest BCUT2D eigenvalue weighted by molar-refractivity contribution is 7.89. The lowest BCUT2D eigenvalue weighted by atomic mass is 10.1. The Morgan fingerprint density at radius 2 is 1.92 bits per heavy atom. The molecule has 1 N–H and O–H groups in total. The Morgan fingerprint density at radius 3 is 2.62 bits per heavy atom. The van der Waals surface area contributed by atoms with Crippen molar-refractivity contribution in [1.82, 2.24) is 9.62 Å². The van der Waals surface area contributed by atoms with Crippen LogP contribution in [-0.2, 0) is 14.8 Å². The minimum absolute atomic E-state index is 0.176. The van der Waals surface area contributed by atoms with Crippen LogP contribution in [0.2, 0.25) is 0 Å². The third-order valence-electron chi connectivity index (χ3n) is 4.55. The summed E-state index contributed by atoms with van der Waals surface area (Å²) < 4.78 is 27.5. The average molecular weight is 371 g/mol. The number of fused-ring (bicyclic) bond motifs is 1. The number of benzene rings is 2.